The first kappa shape index (κ1) is 15.2. The van der Waals surface area contributed by atoms with Gasteiger partial charge in [0.15, 0.2) is 5.82 Å². The highest BCUT2D eigenvalue weighted by Crippen LogP contribution is 2.41. The molecule has 2 rings (SSSR count). The molecule has 0 spiro atoms. The fourth-order valence-electron chi connectivity index (χ4n) is 3.04. The van der Waals surface area contributed by atoms with Gasteiger partial charge >= 0.3 is 0 Å². The van der Waals surface area contributed by atoms with Gasteiger partial charge in [0.1, 0.15) is 11.4 Å². The topological polar surface area (TPSA) is 61.0 Å². The van der Waals surface area contributed by atoms with Crippen LogP contribution in [0, 0.1) is 5.92 Å². The van der Waals surface area contributed by atoms with Crippen LogP contribution in [0.15, 0.2) is 6.07 Å². The normalized spacial score (nSPS) is 27.6. The first-order valence-electron chi connectivity index (χ1n) is 7.47. The molecule has 1 fully saturated rings. The van der Waals surface area contributed by atoms with Gasteiger partial charge in [0.05, 0.1) is 5.69 Å². The predicted molar refractivity (Wildman–Crippen MR) is 81.5 cm³/mol. The molecular weight excluding hydrogens is 250 g/mol. The summed E-state index contributed by atoms with van der Waals surface area (Å²) in [6.07, 6.45) is 4.34. The fraction of sp³-hybridized carbons (Fsp3) is 0.750. The zero-order valence-corrected chi connectivity index (χ0v) is 13.4. The van der Waals surface area contributed by atoms with E-state index in [4.69, 9.17) is 15.5 Å². The summed E-state index contributed by atoms with van der Waals surface area (Å²) in [6, 6.07) is 1.87. The number of aromatic nitrogens is 2. The van der Waals surface area contributed by atoms with Gasteiger partial charge in [-0.25, -0.2) is 9.97 Å². The molecule has 1 aromatic heterocycles. The zero-order chi connectivity index (χ0) is 15.0. The predicted octanol–water partition coefficient (Wildman–Crippen LogP) is 3.41. The van der Waals surface area contributed by atoms with Gasteiger partial charge in [0, 0.05) is 18.6 Å². The summed E-state index contributed by atoms with van der Waals surface area (Å²) < 4.78 is 5.88. The molecule has 0 radical (unpaired) electrons. The second-order valence-corrected chi connectivity index (χ2v) is 7.15. The van der Waals surface area contributed by atoms with Crippen molar-refractivity contribution < 1.29 is 4.74 Å². The number of methoxy groups -OCH3 is 1. The average molecular weight is 277 g/mol. The van der Waals surface area contributed by atoms with Gasteiger partial charge in [-0.15, -0.1) is 0 Å². The first-order chi connectivity index (χ1) is 9.27. The number of nitrogens with two attached hydrogens (primary N) is 1. The summed E-state index contributed by atoms with van der Waals surface area (Å²) in [5.41, 5.74) is 6.58. The molecule has 1 aromatic rings. The molecule has 20 heavy (non-hydrogen) atoms. The summed E-state index contributed by atoms with van der Waals surface area (Å²) in [6.45, 7) is 8.69. The van der Waals surface area contributed by atoms with Crippen LogP contribution in [0.3, 0.4) is 0 Å². The number of hydrogen-bond acceptors (Lipinski definition) is 4. The highest BCUT2D eigenvalue weighted by atomic mass is 16.5. The van der Waals surface area contributed by atoms with Crippen molar-refractivity contribution in [3.05, 3.63) is 17.6 Å². The van der Waals surface area contributed by atoms with Crippen molar-refractivity contribution in [3.63, 3.8) is 0 Å². The van der Waals surface area contributed by atoms with Crippen LogP contribution in [0.1, 0.15) is 64.9 Å². The Morgan fingerprint density at radius 1 is 1.35 bits per heavy atom. The van der Waals surface area contributed by atoms with Crippen LogP contribution in [0.25, 0.3) is 0 Å². The molecule has 1 aliphatic rings. The Labute approximate surface area is 122 Å². The van der Waals surface area contributed by atoms with Crippen LogP contribution >= 0.6 is 0 Å². The lowest BCUT2D eigenvalue weighted by molar-refractivity contribution is -0.0647. The van der Waals surface area contributed by atoms with Crippen molar-refractivity contribution in [1.82, 2.24) is 9.97 Å². The number of rotatable bonds is 2. The van der Waals surface area contributed by atoms with Crippen LogP contribution in [0.2, 0.25) is 0 Å². The van der Waals surface area contributed by atoms with Crippen LogP contribution in [-0.2, 0) is 15.8 Å². The van der Waals surface area contributed by atoms with E-state index in [-0.39, 0.29) is 11.0 Å². The Balaban J connectivity index is 2.47. The van der Waals surface area contributed by atoms with E-state index in [1.807, 2.05) is 6.07 Å². The molecule has 0 amide bonds. The van der Waals surface area contributed by atoms with Crippen LogP contribution < -0.4 is 5.73 Å². The number of anilines is 1. The quantitative estimate of drug-likeness (QED) is 0.900. The largest absolute Gasteiger partial charge is 0.384 e. The van der Waals surface area contributed by atoms with Crippen molar-refractivity contribution in [2.75, 3.05) is 12.8 Å². The van der Waals surface area contributed by atoms with Crippen LogP contribution in [0.5, 0.6) is 0 Å². The molecule has 1 heterocycles. The zero-order valence-electron chi connectivity index (χ0n) is 13.4. The van der Waals surface area contributed by atoms with E-state index in [2.05, 4.69) is 32.7 Å². The molecule has 0 aliphatic heterocycles. The summed E-state index contributed by atoms with van der Waals surface area (Å²) in [4.78, 5) is 9.28. The minimum atomic E-state index is -0.368. The van der Waals surface area contributed by atoms with E-state index in [0.717, 1.165) is 30.8 Å². The highest BCUT2D eigenvalue weighted by Gasteiger charge is 2.40. The van der Waals surface area contributed by atoms with Crippen molar-refractivity contribution in [2.24, 2.45) is 5.92 Å². The Hall–Kier alpha value is -1.16. The molecule has 2 unspecified atom stereocenters. The lowest BCUT2D eigenvalue weighted by Crippen LogP contribution is -2.37. The Morgan fingerprint density at radius 3 is 2.60 bits per heavy atom. The third-order valence-corrected chi connectivity index (χ3v) is 4.27. The van der Waals surface area contributed by atoms with Gasteiger partial charge in [0.2, 0.25) is 0 Å². The number of hydrogen-bond donors (Lipinski definition) is 1. The molecule has 0 bridgehead atoms. The number of nitrogen functional groups attached to an aromatic ring is 1. The van der Waals surface area contributed by atoms with Crippen LogP contribution in [0.4, 0.5) is 5.82 Å². The van der Waals surface area contributed by atoms with E-state index in [1.54, 1.807) is 7.11 Å². The van der Waals surface area contributed by atoms with Crippen molar-refractivity contribution >= 4 is 5.82 Å². The third kappa shape index (κ3) is 2.95. The molecule has 4 heteroatoms. The lowest BCUT2D eigenvalue weighted by atomic mass is 9.78. The van der Waals surface area contributed by atoms with Gasteiger partial charge in [0.25, 0.3) is 0 Å². The monoisotopic (exact) mass is 277 g/mol. The Kier molecular flexibility index (Phi) is 4.05. The Morgan fingerprint density at radius 2 is 2.05 bits per heavy atom. The molecule has 4 nitrogen and oxygen atoms in total. The molecule has 0 saturated heterocycles. The summed E-state index contributed by atoms with van der Waals surface area (Å²) >= 11 is 0. The van der Waals surface area contributed by atoms with E-state index in [0.29, 0.717) is 11.7 Å². The van der Waals surface area contributed by atoms with Crippen LogP contribution in [-0.4, -0.2) is 17.1 Å². The van der Waals surface area contributed by atoms with Gasteiger partial charge in [-0.05, 0) is 25.2 Å². The third-order valence-electron chi connectivity index (χ3n) is 4.27. The summed E-state index contributed by atoms with van der Waals surface area (Å²) in [5, 5.41) is 0. The summed E-state index contributed by atoms with van der Waals surface area (Å²) in [7, 11) is 1.77. The van der Waals surface area contributed by atoms with Crippen molar-refractivity contribution in [3.8, 4) is 0 Å². The second-order valence-electron chi connectivity index (χ2n) is 7.15. The second kappa shape index (κ2) is 5.32. The fourth-order valence-corrected chi connectivity index (χ4v) is 3.04. The minimum absolute atomic E-state index is 0.0407. The molecular formula is C16H27N3O. The summed E-state index contributed by atoms with van der Waals surface area (Å²) in [5.74, 6) is 1.93. The van der Waals surface area contributed by atoms with Crippen molar-refractivity contribution in [2.45, 2.75) is 64.4 Å². The average Bonchev–Trinajstić information content (AvgIpc) is 2.36. The van der Waals surface area contributed by atoms with Gasteiger partial charge < -0.3 is 10.5 Å². The smallest absolute Gasteiger partial charge is 0.162 e. The first-order valence-corrected chi connectivity index (χ1v) is 7.47. The standard InChI is InChI=1S/C16H27N3O/c1-11-7-6-8-16(10-11,20-5)14-18-12(15(2,3)4)9-13(17)19-14/h9,11H,6-8,10H2,1-5H3,(H2,17,18,19). The van der Waals surface area contributed by atoms with Gasteiger partial charge in [-0.1, -0.05) is 34.1 Å². The van der Waals surface area contributed by atoms with E-state index in [1.165, 1.54) is 6.42 Å². The SMILES string of the molecule is COC1(c2nc(N)cc(C(C)(C)C)n2)CCCC(C)C1. The molecule has 2 atom stereocenters. The van der Waals surface area contributed by atoms with Gasteiger partial charge in [-0.2, -0.15) is 0 Å². The highest BCUT2D eigenvalue weighted by molar-refractivity contribution is 5.34. The Bertz CT molecular complexity index is 481. The maximum absolute atomic E-state index is 6.00. The maximum Gasteiger partial charge on any atom is 0.162 e. The van der Waals surface area contributed by atoms with E-state index >= 15 is 0 Å². The van der Waals surface area contributed by atoms with Crippen molar-refractivity contribution in [1.29, 1.82) is 0 Å². The van der Waals surface area contributed by atoms with E-state index < -0.39 is 0 Å². The van der Waals surface area contributed by atoms with E-state index in [9.17, 15) is 0 Å². The number of ether oxygens (including phenoxy) is 1. The molecule has 1 aliphatic carbocycles. The maximum atomic E-state index is 6.00. The molecule has 112 valence electrons. The number of nitrogens with zero attached hydrogens (tertiary/aromatic N) is 2. The van der Waals surface area contributed by atoms with Gasteiger partial charge in [-0.3, -0.25) is 0 Å². The molecule has 1 saturated carbocycles. The minimum Gasteiger partial charge on any atom is -0.384 e. The molecule has 2 N–H and O–H groups in total. The molecule has 0 aromatic carbocycles. The lowest BCUT2D eigenvalue weighted by Gasteiger charge is -2.38.